The molecule has 3 aliphatic heterocycles. The number of amides is 1. The molecular formula is C25H23FN4O3. The summed E-state index contributed by atoms with van der Waals surface area (Å²) in [5, 5.41) is 7.41. The standard InChI is InChI=1S/C25H23FN4O3/c26-18-10-8-17(9-11-18)14-29-15-21(24(31)27-13-20-7-4-12-33-20)23-22(16-29)25(32)30(28-23)19-5-2-1-3-6-19/h1-3,5-6,8-11,15-16,20H,4,7,12-14H2,(H,27,31)/t20-/m0/s1. The third kappa shape index (κ3) is 4.42. The number of ether oxygens (including phenoxy) is 1. The maximum Gasteiger partial charge on any atom is 0.282 e. The first-order chi connectivity index (χ1) is 16.1. The minimum absolute atomic E-state index is 0.00330. The van der Waals surface area contributed by atoms with Gasteiger partial charge in [0.25, 0.3) is 11.5 Å². The molecule has 0 bridgehead atoms. The van der Waals surface area contributed by atoms with Crippen molar-refractivity contribution >= 4 is 5.91 Å². The number of carbonyl (C=O) groups excluding carboxylic acids is 1. The quantitative estimate of drug-likeness (QED) is 0.493. The maximum absolute atomic E-state index is 13.3. The van der Waals surface area contributed by atoms with Crippen LogP contribution in [0.25, 0.3) is 16.9 Å². The number of aromatic nitrogens is 3. The summed E-state index contributed by atoms with van der Waals surface area (Å²) in [7, 11) is 0. The van der Waals surface area contributed by atoms with Gasteiger partial charge in [-0.3, -0.25) is 9.59 Å². The lowest BCUT2D eigenvalue weighted by Gasteiger charge is -2.14. The molecule has 0 radical (unpaired) electrons. The summed E-state index contributed by atoms with van der Waals surface area (Å²) in [6.45, 7) is 1.48. The van der Waals surface area contributed by atoms with Crippen LogP contribution in [0.2, 0.25) is 0 Å². The molecule has 2 aromatic carbocycles. The Kier molecular flexibility index (Phi) is 5.75. The third-order valence-corrected chi connectivity index (χ3v) is 5.76. The summed E-state index contributed by atoms with van der Waals surface area (Å²) in [5.41, 5.74) is 2.14. The lowest BCUT2D eigenvalue weighted by atomic mass is 10.1. The van der Waals surface area contributed by atoms with Gasteiger partial charge >= 0.3 is 0 Å². The summed E-state index contributed by atoms with van der Waals surface area (Å²) in [5.74, 6) is -0.638. The number of halogens is 1. The average molecular weight is 446 g/mol. The number of rotatable bonds is 6. The first-order valence-electron chi connectivity index (χ1n) is 10.9. The molecule has 168 valence electrons. The van der Waals surface area contributed by atoms with E-state index in [1.54, 1.807) is 41.2 Å². The molecule has 1 N–H and O–H groups in total. The van der Waals surface area contributed by atoms with E-state index in [0.29, 0.717) is 42.2 Å². The highest BCUT2D eigenvalue weighted by Gasteiger charge is 2.25. The number of carbonyl (C=O) groups is 1. The fourth-order valence-corrected chi connectivity index (χ4v) is 4.07. The van der Waals surface area contributed by atoms with Crippen LogP contribution in [0.5, 0.6) is 0 Å². The van der Waals surface area contributed by atoms with Crippen molar-refractivity contribution in [3.05, 3.63) is 94.3 Å². The van der Waals surface area contributed by atoms with Crippen molar-refractivity contribution in [2.24, 2.45) is 0 Å². The van der Waals surface area contributed by atoms with Crippen LogP contribution in [0.15, 0.2) is 71.8 Å². The van der Waals surface area contributed by atoms with Gasteiger partial charge < -0.3 is 14.6 Å². The largest absolute Gasteiger partial charge is 0.376 e. The minimum atomic E-state index is -0.320. The van der Waals surface area contributed by atoms with Crippen LogP contribution < -0.4 is 10.9 Å². The second kappa shape index (κ2) is 8.99. The highest BCUT2D eigenvalue weighted by atomic mass is 19.1. The van der Waals surface area contributed by atoms with Crippen molar-refractivity contribution in [3.8, 4) is 16.9 Å². The topological polar surface area (TPSA) is 78.1 Å². The van der Waals surface area contributed by atoms with Crippen LogP contribution >= 0.6 is 0 Å². The molecule has 1 saturated heterocycles. The van der Waals surface area contributed by atoms with Crippen LogP contribution in [-0.4, -0.2) is 39.5 Å². The summed E-state index contributed by atoms with van der Waals surface area (Å²) in [4.78, 5) is 26.3. The monoisotopic (exact) mass is 446 g/mol. The van der Waals surface area contributed by atoms with Crippen molar-refractivity contribution in [2.45, 2.75) is 25.5 Å². The maximum atomic E-state index is 13.3. The Morgan fingerprint density at radius 1 is 1.12 bits per heavy atom. The normalized spacial score (nSPS) is 15.7. The molecule has 0 saturated carbocycles. The first-order valence-corrected chi connectivity index (χ1v) is 10.9. The van der Waals surface area contributed by atoms with Crippen LogP contribution in [0.1, 0.15) is 28.8 Å². The smallest absolute Gasteiger partial charge is 0.282 e. The molecule has 3 aliphatic rings. The predicted molar refractivity (Wildman–Crippen MR) is 121 cm³/mol. The predicted octanol–water partition coefficient (Wildman–Crippen LogP) is 3.24. The van der Waals surface area contributed by atoms with Crippen molar-refractivity contribution in [1.29, 1.82) is 0 Å². The van der Waals surface area contributed by atoms with E-state index in [0.717, 1.165) is 18.4 Å². The van der Waals surface area contributed by atoms with Crippen molar-refractivity contribution in [3.63, 3.8) is 0 Å². The van der Waals surface area contributed by atoms with E-state index in [1.165, 1.54) is 16.8 Å². The van der Waals surface area contributed by atoms with Crippen LogP contribution in [0, 0.1) is 5.82 Å². The van der Waals surface area contributed by atoms with E-state index in [2.05, 4.69) is 10.4 Å². The molecule has 0 unspecified atom stereocenters. The van der Waals surface area contributed by atoms with Crippen LogP contribution in [-0.2, 0) is 11.3 Å². The number of para-hydroxylation sites is 1. The van der Waals surface area contributed by atoms with E-state index >= 15 is 0 Å². The highest BCUT2D eigenvalue weighted by Crippen LogP contribution is 2.23. The van der Waals surface area contributed by atoms with Gasteiger partial charge in [0.05, 0.1) is 22.9 Å². The molecule has 0 aromatic heterocycles. The highest BCUT2D eigenvalue weighted by molar-refractivity contribution is 5.99. The summed E-state index contributed by atoms with van der Waals surface area (Å²) < 4.78 is 22.0. The molecule has 7 nitrogen and oxygen atoms in total. The van der Waals surface area contributed by atoms with Crippen molar-refractivity contribution in [2.75, 3.05) is 13.2 Å². The molecular weight excluding hydrogens is 423 g/mol. The fraction of sp³-hybridized carbons (Fsp3) is 0.240. The Balaban J connectivity index is 1.55. The molecule has 1 fully saturated rings. The van der Waals surface area contributed by atoms with E-state index in [-0.39, 0.29) is 23.4 Å². The Morgan fingerprint density at radius 3 is 2.64 bits per heavy atom. The lowest BCUT2D eigenvalue weighted by Crippen LogP contribution is -2.32. The number of hydrogen-bond donors (Lipinski definition) is 1. The summed E-state index contributed by atoms with van der Waals surface area (Å²) >= 11 is 0. The first kappa shape index (κ1) is 21.1. The molecule has 33 heavy (non-hydrogen) atoms. The molecule has 8 heteroatoms. The zero-order valence-corrected chi connectivity index (χ0v) is 17.9. The minimum Gasteiger partial charge on any atom is -0.376 e. The van der Waals surface area contributed by atoms with E-state index in [1.807, 2.05) is 18.2 Å². The Hall–Kier alpha value is -3.78. The van der Waals surface area contributed by atoms with Gasteiger partial charge in [0, 0.05) is 32.1 Å². The molecule has 0 aliphatic carbocycles. The molecule has 1 amide bonds. The van der Waals surface area contributed by atoms with Gasteiger partial charge in [-0.2, -0.15) is 9.78 Å². The molecule has 2 aromatic rings. The van der Waals surface area contributed by atoms with Gasteiger partial charge in [-0.15, -0.1) is 0 Å². The number of pyridine rings is 1. The Bertz CT molecular complexity index is 1290. The second-order valence-electron chi connectivity index (χ2n) is 8.13. The summed E-state index contributed by atoms with van der Waals surface area (Å²) in [6, 6.07) is 15.2. The molecule has 1 atom stereocenters. The number of hydrogen-bond acceptors (Lipinski definition) is 4. The number of benzene rings is 2. The lowest BCUT2D eigenvalue weighted by molar-refractivity contribution is 0.0857. The number of nitrogens with zero attached hydrogens (tertiary/aromatic N) is 3. The Labute approximate surface area is 189 Å². The van der Waals surface area contributed by atoms with E-state index < -0.39 is 0 Å². The van der Waals surface area contributed by atoms with Gasteiger partial charge in [-0.05, 0) is 42.7 Å². The van der Waals surface area contributed by atoms with Gasteiger partial charge in [0.1, 0.15) is 11.5 Å². The van der Waals surface area contributed by atoms with Crippen molar-refractivity contribution in [1.82, 2.24) is 19.7 Å². The Morgan fingerprint density at radius 2 is 1.91 bits per heavy atom. The zero-order chi connectivity index (χ0) is 22.8. The van der Waals surface area contributed by atoms with Gasteiger partial charge in [0.15, 0.2) is 0 Å². The van der Waals surface area contributed by atoms with Gasteiger partial charge in [-0.25, -0.2) is 4.39 Å². The summed E-state index contributed by atoms with van der Waals surface area (Å²) in [6.07, 6.45) is 5.25. The third-order valence-electron chi connectivity index (χ3n) is 5.76. The van der Waals surface area contributed by atoms with E-state index in [4.69, 9.17) is 4.74 Å². The van der Waals surface area contributed by atoms with Crippen molar-refractivity contribution < 1.29 is 13.9 Å². The molecule has 5 rings (SSSR count). The average Bonchev–Trinajstić information content (AvgIpc) is 3.47. The number of nitrogens with one attached hydrogen (secondary N) is 1. The fourth-order valence-electron chi connectivity index (χ4n) is 4.07. The van der Waals surface area contributed by atoms with Crippen LogP contribution in [0.4, 0.5) is 4.39 Å². The molecule has 3 heterocycles. The second-order valence-corrected chi connectivity index (χ2v) is 8.13. The van der Waals surface area contributed by atoms with Gasteiger partial charge in [-0.1, -0.05) is 30.3 Å². The van der Waals surface area contributed by atoms with Gasteiger partial charge in [0.2, 0.25) is 0 Å². The SMILES string of the molecule is O=C(NC[C@@H]1CCCO1)c1cn(Cc2ccc(F)cc2)cc2c(=O)n(-c3ccccc3)nc1-2. The zero-order valence-electron chi connectivity index (χ0n) is 17.9. The molecule has 0 spiro atoms. The van der Waals surface area contributed by atoms with Crippen LogP contribution in [0.3, 0.4) is 0 Å². The van der Waals surface area contributed by atoms with E-state index in [9.17, 15) is 14.0 Å². The number of fused-ring (bicyclic) bond motifs is 1.